The SMILES string of the molecule is COc1nc(NN)nc(NCc2ccnc(C)n2)n1. The van der Waals surface area contributed by atoms with Gasteiger partial charge in [0.25, 0.3) is 0 Å². The molecular formula is C10H14N8O. The van der Waals surface area contributed by atoms with Crippen molar-refractivity contribution >= 4 is 11.9 Å². The predicted molar refractivity (Wildman–Crippen MR) is 68.3 cm³/mol. The van der Waals surface area contributed by atoms with Gasteiger partial charge in [-0.3, -0.25) is 5.43 Å². The predicted octanol–water partition coefficient (Wildman–Crippen LogP) is -0.124. The van der Waals surface area contributed by atoms with Crippen molar-refractivity contribution in [1.29, 1.82) is 0 Å². The zero-order valence-corrected chi connectivity index (χ0v) is 10.6. The molecule has 0 aliphatic rings. The summed E-state index contributed by atoms with van der Waals surface area (Å²) >= 11 is 0. The fourth-order valence-electron chi connectivity index (χ4n) is 1.36. The van der Waals surface area contributed by atoms with Gasteiger partial charge in [-0.2, -0.15) is 15.0 Å². The molecule has 2 aromatic rings. The van der Waals surface area contributed by atoms with E-state index in [-0.39, 0.29) is 12.0 Å². The summed E-state index contributed by atoms with van der Waals surface area (Å²) in [5.74, 6) is 6.53. The number of hydrogen-bond donors (Lipinski definition) is 3. The first-order valence-electron chi connectivity index (χ1n) is 5.50. The largest absolute Gasteiger partial charge is 0.467 e. The number of hydrazine groups is 1. The lowest BCUT2D eigenvalue weighted by atomic mass is 10.4. The van der Waals surface area contributed by atoms with Crippen molar-refractivity contribution in [1.82, 2.24) is 24.9 Å². The molecule has 2 heterocycles. The maximum atomic E-state index is 5.26. The van der Waals surface area contributed by atoms with Gasteiger partial charge in [0.2, 0.25) is 11.9 Å². The summed E-state index contributed by atoms with van der Waals surface area (Å²) in [6.45, 7) is 2.28. The number of rotatable bonds is 5. The standard InChI is InChI=1S/C10H14N8O/c1-6-12-4-3-7(14-6)5-13-8-15-9(18-11)17-10(16-8)19-2/h3-4H,5,11H2,1-2H3,(H2,13,15,16,17,18). The summed E-state index contributed by atoms with van der Waals surface area (Å²) in [5, 5.41) is 3.01. The number of methoxy groups -OCH3 is 1. The van der Waals surface area contributed by atoms with E-state index < -0.39 is 0 Å². The number of hydrogen-bond acceptors (Lipinski definition) is 9. The highest BCUT2D eigenvalue weighted by molar-refractivity contribution is 5.35. The molecule has 0 saturated carbocycles. The van der Waals surface area contributed by atoms with Crippen molar-refractivity contribution in [2.24, 2.45) is 5.84 Å². The Bertz CT molecular complexity index is 539. The molecule has 2 aromatic heterocycles. The second-order valence-electron chi connectivity index (χ2n) is 3.56. The number of ether oxygens (including phenoxy) is 1. The molecule has 19 heavy (non-hydrogen) atoms. The van der Waals surface area contributed by atoms with Crippen molar-refractivity contribution in [3.8, 4) is 6.01 Å². The lowest BCUT2D eigenvalue weighted by Gasteiger charge is -2.07. The van der Waals surface area contributed by atoms with Crippen LogP contribution in [0.15, 0.2) is 12.3 Å². The zero-order chi connectivity index (χ0) is 13.7. The van der Waals surface area contributed by atoms with Crippen LogP contribution in [0.1, 0.15) is 11.5 Å². The highest BCUT2D eigenvalue weighted by Crippen LogP contribution is 2.10. The average molecular weight is 262 g/mol. The third-order valence-corrected chi connectivity index (χ3v) is 2.19. The molecular weight excluding hydrogens is 248 g/mol. The molecule has 0 unspecified atom stereocenters. The summed E-state index contributed by atoms with van der Waals surface area (Å²) in [4.78, 5) is 20.3. The Labute approximate surface area is 109 Å². The summed E-state index contributed by atoms with van der Waals surface area (Å²) in [6.07, 6.45) is 1.69. The minimum absolute atomic E-state index is 0.171. The fraction of sp³-hybridized carbons (Fsp3) is 0.300. The number of aryl methyl sites for hydroxylation is 1. The molecule has 0 atom stereocenters. The van der Waals surface area contributed by atoms with Gasteiger partial charge in [-0.25, -0.2) is 15.8 Å². The topological polar surface area (TPSA) is 124 Å². The van der Waals surface area contributed by atoms with Gasteiger partial charge < -0.3 is 10.1 Å². The van der Waals surface area contributed by atoms with E-state index in [1.807, 2.05) is 6.92 Å². The number of aromatic nitrogens is 5. The molecule has 0 radical (unpaired) electrons. The number of nitrogen functional groups attached to an aromatic ring is 1. The third-order valence-electron chi connectivity index (χ3n) is 2.19. The van der Waals surface area contributed by atoms with Crippen LogP contribution in [0, 0.1) is 6.92 Å². The Morgan fingerprint density at radius 3 is 2.68 bits per heavy atom. The van der Waals surface area contributed by atoms with Crippen molar-refractivity contribution in [3.63, 3.8) is 0 Å². The molecule has 2 rings (SSSR count). The van der Waals surface area contributed by atoms with Crippen LogP contribution in [0.25, 0.3) is 0 Å². The molecule has 0 fully saturated rings. The van der Waals surface area contributed by atoms with Crippen LogP contribution in [0.5, 0.6) is 6.01 Å². The fourth-order valence-corrected chi connectivity index (χ4v) is 1.36. The number of nitrogens with zero attached hydrogens (tertiary/aromatic N) is 5. The first-order chi connectivity index (χ1) is 9.21. The van der Waals surface area contributed by atoms with E-state index in [1.54, 1.807) is 12.3 Å². The summed E-state index contributed by atoms with van der Waals surface area (Å²) < 4.78 is 4.95. The molecule has 100 valence electrons. The van der Waals surface area contributed by atoms with Crippen molar-refractivity contribution in [2.45, 2.75) is 13.5 Å². The maximum absolute atomic E-state index is 5.26. The van der Waals surface area contributed by atoms with Crippen LogP contribution in [0.2, 0.25) is 0 Å². The van der Waals surface area contributed by atoms with Gasteiger partial charge in [0.15, 0.2) is 0 Å². The van der Waals surface area contributed by atoms with E-state index in [9.17, 15) is 0 Å². The lowest BCUT2D eigenvalue weighted by molar-refractivity contribution is 0.379. The molecule has 9 heteroatoms. The van der Waals surface area contributed by atoms with Crippen molar-refractivity contribution in [3.05, 3.63) is 23.8 Å². The monoisotopic (exact) mass is 262 g/mol. The smallest absolute Gasteiger partial charge is 0.322 e. The van der Waals surface area contributed by atoms with Crippen molar-refractivity contribution < 1.29 is 4.74 Å². The van der Waals surface area contributed by atoms with Gasteiger partial charge in [0.1, 0.15) is 5.82 Å². The highest BCUT2D eigenvalue weighted by Gasteiger charge is 2.06. The first-order valence-corrected chi connectivity index (χ1v) is 5.50. The summed E-state index contributed by atoms with van der Waals surface area (Å²) in [5.41, 5.74) is 3.17. The zero-order valence-electron chi connectivity index (χ0n) is 10.6. The molecule has 0 aromatic carbocycles. The Hall–Kier alpha value is -2.55. The molecule has 0 spiro atoms. The Morgan fingerprint density at radius 2 is 2.00 bits per heavy atom. The van der Waals surface area contributed by atoms with Gasteiger partial charge in [0, 0.05) is 6.20 Å². The molecule has 0 amide bonds. The van der Waals surface area contributed by atoms with Gasteiger partial charge in [-0.05, 0) is 13.0 Å². The lowest BCUT2D eigenvalue weighted by Crippen LogP contribution is -2.14. The van der Waals surface area contributed by atoms with E-state index in [2.05, 4.69) is 35.7 Å². The van der Waals surface area contributed by atoms with E-state index in [4.69, 9.17) is 10.6 Å². The molecule has 4 N–H and O–H groups in total. The van der Waals surface area contributed by atoms with E-state index >= 15 is 0 Å². The minimum Gasteiger partial charge on any atom is -0.467 e. The molecule has 9 nitrogen and oxygen atoms in total. The van der Waals surface area contributed by atoms with E-state index in [0.29, 0.717) is 18.3 Å². The van der Waals surface area contributed by atoms with Crippen LogP contribution in [0.4, 0.5) is 11.9 Å². The molecule has 0 saturated heterocycles. The number of nitrogens with two attached hydrogens (primary N) is 1. The van der Waals surface area contributed by atoms with Gasteiger partial charge in [0.05, 0.1) is 19.3 Å². The van der Waals surface area contributed by atoms with E-state index in [1.165, 1.54) is 7.11 Å². The maximum Gasteiger partial charge on any atom is 0.322 e. The summed E-state index contributed by atoms with van der Waals surface area (Å²) in [7, 11) is 1.47. The van der Waals surface area contributed by atoms with Crippen LogP contribution < -0.4 is 21.3 Å². The van der Waals surface area contributed by atoms with E-state index in [0.717, 1.165) is 5.69 Å². The second-order valence-corrected chi connectivity index (χ2v) is 3.56. The van der Waals surface area contributed by atoms with Crippen LogP contribution in [0.3, 0.4) is 0 Å². The highest BCUT2D eigenvalue weighted by atomic mass is 16.5. The van der Waals surface area contributed by atoms with Crippen LogP contribution >= 0.6 is 0 Å². The van der Waals surface area contributed by atoms with Crippen LogP contribution in [-0.4, -0.2) is 32.0 Å². The van der Waals surface area contributed by atoms with Crippen molar-refractivity contribution in [2.75, 3.05) is 17.9 Å². The minimum atomic E-state index is 0.171. The van der Waals surface area contributed by atoms with Gasteiger partial charge >= 0.3 is 6.01 Å². The first kappa shape index (κ1) is 12.9. The van der Waals surface area contributed by atoms with Crippen LogP contribution in [-0.2, 0) is 6.54 Å². The normalized spacial score (nSPS) is 10.1. The second kappa shape index (κ2) is 5.87. The quantitative estimate of drug-likeness (QED) is 0.499. The Morgan fingerprint density at radius 1 is 1.21 bits per heavy atom. The molecule has 0 bridgehead atoms. The van der Waals surface area contributed by atoms with Gasteiger partial charge in [-0.15, -0.1) is 0 Å². The molecule has 0 aliphatic carbocycles. The average Bonchev–Trinajstić information content (AvgIpc) is 2.44. The van der Waals surface area contributed by atoms with Gasteiger partial charge in [-0.1, -0.05) is 0 Å². The molecule has 0 aliphatic heterocycles. The number of nitrogens with one attached hydrogen (secondary N) is 2. The third kappa shape index (κ3) is 3.45. The summed E-state index contributed by atoms with van der Waals surface area (Å²) in [6, 6.07) is 1.98. The Balaban J connectivity index is 2.10. The Kier molecular flexibility index (Phi) is 3.98. The number of anilines is 2.